The van der Waals surface area contributed by atoms with E-state index in [9.17, 15) is 4.39 Å². The zero-order valence-corrected chi connectivity index (χ0v) is 9.28. The number of nitrogens with zero attached hydrogens (tertiary/aromatic N) is 2. The van der Waals surface area contributed by atoms with Gasteiger partial charge in [0.1, 0.15) is 5.82 Å². The maximum absolute atomic E-state index is 13.2. The van der Waals surface area contributed by atoms with Crippen LogP contribution < -0.4 is 10.2 Å². The summed E-state index contributed by atoms with van der Waals surface area (Å²) in [6.07, 6.45) is 1.39. The Morgan fingerprint density at radius 1 is 1.44 bits per heavy atom. The number of hydrogen-bond acceptors (Lipinski definition) is 4. The Labute approximate surface area is 94.1 Å². The first kappa shape index (κ1) is 11.3. The molecule has 4 nitrogen and oxygen atoms in total. The minimum absolute atomic E-state index is 0.186. The molecule has 0 aromatic carbocycles. The molecule has 2 N–H and O–H groups in total. The normalized spacial score (nSPS) is 20.6. The lowest BCUT2D eigenvalue weighted by Gasteiger charge is -2.28. The van der Waals surface area contributed by atoms with Gasteiger partial charge in [0.25, 0.3) is 0 Å². The Hall–Kier alpha value is -1.20. The molecule has 1 saturated heterocycles. The second-order valence-electron chi connectivity index (χ2n) is 4.10. The van der Waals surface area contributed by atoms with Gasteiger partial charge in [-0.25, -0.2) is 9.37 Å². The summed E-state index contributed by atoms with van der Waals surface area (Å²) in [6, 6.07) is 3.32. The van der Waals surface area contributed by atoms with Gasteiger partial charge >= 0.3 is 0 Å². The van der Waals surface area contributed by atoms with E-state index in [1.165, 1.54) is 6.20 Å². The van der Waals surface area contributed by atoms with Crippen molar-refractivity contribution in [3.8, 4) is 0 Å². The van der Waals surface area contributed by atoms with Gasteiger partial charge < -0.3 is 15.3 Å². The van der Waals surface area contributed by atoms with Crippen molar-refractivity contribution in [3.05, 3.63) is 23.9 Å². The van der Waals surface area contributed by atoms with Crippen LogP contribution in [0.5, 0.6) is 0 Å². The molecule has 1 unspecified atom stereocenters. The molecule has 1 aromatic heterocycles. The third kappa shape index (κ3) is 2.48. The number of nitrogens with one attached hydrogen (secondary N) is 1. The lowest BCUT2D eigenvalue weighted by atomic mass is 10.1. The predicted molar refractivity (Wildman–Crippen MR) is 60.0 cm³/mol. The van der Waals surface area contributed by atoms with Gasteiger partial charge in [0, 0.05) is 37.9 Å². The summed E-state index contributed by atoms with van der Waals surface area (Å²) in [5, 5.41) is 12.4. The van der Waals surface area contributed by atoms with Crippen LogP contribution in [-0.2, 0) is 5.85 Å². The standard InChI is InChI=1S/C11H16FN3O/c1-11(12,16)9-2-3-10(14-8-9)15-6-4-13-5-7-15/h2-3,8,13,16H,4-7H2,1H3. The number of pyridine rings is 1. The van der Waals surface area contributed by atoms with Crippen molar-refractivity contribution in [1.29, 1.82) is 0 Å². The second-order valence-corrected chi connectivity index (χ2v) is 4.10. The van der Waals surface area contributed by atoms with Gasteiger partial charge in [-0.1, -0.05) is 0 Å². The summed E-state index contributed by atoms with van der Waals surface area (Å²) < 4.78 is 13.2. The summed E-state index contributed by atoms with van der Waals surface area (Å²) in [6.45, 7) is 4.78. The number of alkyl halides is 1. The molecule has 1 aromatic rings. The number of rotatable bonds is 2. The highest BCUT2D eigenvalue weighted by Gasteiger charge is 2.22. The molecule has 0 amide bonds. The maximum atomic E-state index is 13.2. The van der Waals surface area contributed by atoms with Crippen LogP contribution in [0, 0.1) is 0 Å². The largest absolute Gasteiger partial charge is 0.358 e. The summed E-state index contributed by atoms with van der Waals surface area (Å²) in [5.41, 5.74) is 0.186. The van der Waals surface area contributed by atoms with Crippen LogP contribution in [0.15, 0.2) is 18.3 Å². The monoisotopic (exact) mass is 225 g/mol. The van der Waals surface area contributed by atoms with Gasteiger partial charge in [-0.15, -0.1) is 0 Å². The lowest BCUT2D eigenvalue weighted by Crippen LogP contribution is -2.43. The van der Waals surface area contributed by atoms with E-state index in [4.69, 9.17) is 5.11 Å². The van der Waals surface area contributed by atoms with Crippen LogP contribution in [0.4, 0.5) is 10.2 Å². The molecule has 0 radical (unpaired) electrons. The fourth-order valence-electron chi connectivity index (χ4n) is 1.74. The van der Waals surface area contributed by atoms with Crippen molar-refractivity contribution in [2.45, 2.75) is 12.8 Å². The minimum atomic E-state index is -2.31. The number of anilines is 1. The van der Waals surface area contributed by atoms with E-state index in [0.717, 1.165) is 38.9 Å². The zero-order chi connectivity index (χ0) is 11.6. The number of halogens is 1. The molecule has 1 fully saturated rings. The molecular weight excluding hydrogens is 209 g/mol. The van der Waals surface area contributed by atoms with Gasteiger partial charge in [0.15, 0.2) is 0 Å². The Balaban J connectivity index is 2.12. The zero-order valence-electron chi connectivity index (χ0n) is 9.28. The van der Waals surface area contributed by atoms with Gasteiger partial charge in [0.2, 0.25) is 5.85 Å². The summed E-state index contributed by atoms with van der Waals surface area (Å²) in [5.74, 6) is -1.48. The first-order chi connectivity index (χ1) is 7.57. The molecule has 2 rings (SSSR count). The van der Waals surface area contributed by atoms with Crippen LogP contribution in [0.3, 0.4) is 0 Å². The van der Waals surface area contributed by atoms with Gasteiger partial charge in [-0.05, 0) is 19.1 Å². The SMILES string of the molecule is CC(O)(F)c1ccc(N2CCNCC2)nc1. The highest BCUT2D eigenvalue weighted by Crippen LogP contribution is 2.22. The Bertz CT molecular complexity index is 341. The van der Waals surface area contributed by atoms with Crippen molar-refractivity contribution in [1.82, 2.24) is 10.3 Å². The third-order valence-electron chi connectivity index (χ3n) is 2.72. The van der Waals surface area contributed by atoms with Crippen LogP contribution in [0.25, 0.3) is 0 Å². The molecule has 88 valence electrons. The summed E-state index contributed by atoms with van der Waals surface area (Å²) >= 11 is 0. The van der Waals surface area contributed by atoms with Crippen LogP contribution in [0.1, 0.15) is 12.5 Å². The lowest BCUT2D eigenvalue weighted by molar-refractivity contribution is -0.0771. The Kier molecular flexibility index (Phi) is 3.07. The number of piperazine rings is 1. The number of hydrogen-bond donors (Lipinski definition) is 2. The molecule has 1 aliphatic rings. The molecule has 1 aliphatic heterocycles. The predicted octanol–water partition coefficient (Wildman–Crippen LogP) is 0.626. The molecule has 0 bridgehead atoms. The van der Waals surface area contributed by atoms with Crippen LogP contribution in [0.2, 0.25) is 0 Å². The minimum Gasteiger partial charge on any atom is -0.358 e. The van der Waals surface area contributed by atoms with Crippen molar-refractivity contribution < 1.29 is 9.50 Å². The summed E-state index contributed by atoms with van der Waals surface area (Å²) in [4.78, 5) is 6.30. The third-order valence-corrected chi connectivity index (χ3v) is 2.72. The van der Waals surface area contributed by atoms with Crippen molar-refractivity contribution in [2.75, 3.05) is 31.1 Å². The van der Waals surface area contributed by atoms with E-state index in [2.05, 4.69) is 15.2 Å². The van der Waals surface area contributed by atoms with Crippen molar-refractivity contribution in [2.24, 2.45) is 0 Å². The molecule has 16 heavy (non-hydrogen) atoms. The van der Waals surface area contributed by atoms with E-state index < -0.39 is 5.85 Å². The average molecular weight is 225 g/mol. The smallest absolute Gasteiger partial charge is 0.231 e. The first-order valence-corrected chi connectivity index (χ1v) is 5.41. The average Bonchev–Trinajstić information content (AvgIpc) is 2.29. The highest BCUT2D eigenvalue weighted by atomic mass is 19.2. The number of aromatic nitrogens is 1. The maximum Gasteiger partial charge on any atom is 0.231 e. The first-order valence-electron chi connectivity index (χ1n) is 5.41. The van der Waals surface area contributed by atoms with Crippen molar-refractivity contribution >= 4 is 5.82 Å². The molecule has 1 atom stereocenters. The van der Waals surface area contributed by atoms with E-state index in [0.29, 0.717) is 0 Å². The topological polar surface area (TPSA) is 48.4 Å². The van der Waals surface area contributed by atoms with Gasteiger partial charge in [-0.2, -0.15) is 0 Å². The van der Waals surface area contributed by atoms with Gasteiger partial charge in [0.05, 0.1) is 0 Å². The summed E-state index contributed by atoms with van der Waals surface area (Å²) in [7, 11) is 0. The van der Waals surface area contributed by atoms with Crippen molar-refractivity contribution in [3.63, 3.8) is 0 Å². The molecule has 5 heteroatoms. The molecule has 0 saturated carbocycles. The second kappa shape index (κ2) is 4.35. The molecular formula is C11H16FN3O. The van der Waals surface area contributed by atoms with Gasteiger partial charge in [-0.3, -0.25) is 0 Å². The Morgan fingerprint density at radius 2 is 2.12 bits per heavy atom. The fourth-order valence-corrected chi connectivity index (χ4v) is 1.74. The van der Waals surface area contributed by atoms with E-state index in [1.807, 2.05) is 0 Å². The fraction of sp³-hybridized carbons (Fsp3) is 0.545. The highest BCUT2D eigenvalue weighted by molar-refractivity contribution is 5.40. The Morgan fingerprint density at radius 3 is 2.62 bits per heavy atom. The van der Waals surface area contributed by atoms with Crippen LogP contribution >= 0.6 is 0 Å². The van der Waals surface area contributed by atoms with Crippen LogP contribution in [-0.4, -0.2) is 36.3 Å². The van der Waals surface area contributed by atoms with E-state index in [-0.39, 0.29) is 5.56 Å². The molecule has 2 heterocycles. The number of aliphatic hydroxyl groups is 1. The van der Waals surface area contributed by atoms with E-state index in [1.54, 1.807) is 12.1 Å². The van der Waals surface area contributed by atoms with E-state index >= 15 is 0 Å². The molecule has 0 aliphatic carbocycles. The molecule has 0 spiro atoms. The quantitative estimate of drug-likeness (QED) is 0.775.